The Morgan fingerprint density at radius 1 is 1.19 bits per heavy atom. The molecule has 2 rings (SSSR count). The summed E-state index contributed by atoms with van der Waals surface area (Å²) in [5.41, 5.74) is -0.733. The van der Waals surface area contributed by atoms with Gasteiger partial charge in [0.05, 0.1) is 5.41 Å². The molecule has 0 radical (unpaired) electrons. The molecule has 2 aliphatic rings. The predicted octanol–water partition coefficient (Wildman–Crippen LogP) is 2.95. The van der Waals surface area contributed by atoms with Crippen molar-refractivity contribution in [3.05, 3.63) is 0 Å². The van der Waals surface area contributed by atoms with Crippen LogP contribution in [0.2, 0.25) is 0 Å². The summed E-state index contributed by atoms with van der Waals surface area (Å²) in [6.45, 7) is 5.80. The Labute approximate surface area is 127 Å². The molecule has 2 atom stereocenters. The minimum atomic E-state index is -0.761. The molecule has 0 spiro atoms. The first-order valence-corrected chi connectivity index (χ1v) is 8.33. The van der Waals surface area contributed by atoms with Crippen LogP contribution >= 0.6 is 0 Å². The fraction of sp³-hybridized carbons (Fsp3) is 0.875. The summed E-state index contributed by atoms with van der Waals surface area (Å²) in [5.74, 6) is -0.761. The third-order valence-corrected chi connectivity index (χ3v) is 5.35. The molecule has 2 amide bonds. The van der Waals surface area contributed by atoms with E-state index in [0.717, 1.165) is 25.8 Å². The van der Waals surface area contributed by atoms with E-state index in [1.165, 1.54) is 12.8 Å². The Bertz CT molecular complexity index is 399. The van der Waals surface area contributed by atoms with Gasteiger partial charge in [-0.05, 0) is 32.1 Å². The Morgan fingerprint density at radius 3 is 2.52 bits per heavy atom. The van der Waals surface area contributed by atoms with Crippen LogP contribution in [0.3, 0.4) is 0 Å². The van der Waals surface area contributed by atoms with E-state index >= 15 is 0 Å². The Hall–Kier alpha value is -1.26. The minimum absolute atomic E-state index is 0.0559. The number of urea groups is 1. The molecule has 0 saturated carbocycles. The molecular weight excluding hydrogens is 268 g/mol. The second-order valence-corrected chi connectivity index (χ2v) is 6.50. The average molecular weight is 296 g/mol. The Kier molecular flexibility index (Phi) is 5.12. The third kappa shape index (κ3) is 3.16. The van der Waals surface area contributed by atoms with E-state index in [1.54, 1.807) is 4.90 Å². The largest absolute Gasteiger partial charge is 0.481 e. The van der Waals surface area contributed by atoms with Gasteiger partial charge in [-0.25, -0.2) is 4.79 Å². The second kappa shape index (κ2) is 6.67. The number of carbonyl (C=O) groups is 2. The lowest BCUT2D eigenvalue weighted by molar-refractivity contribution is -0.148. The van der Waals surface area contributed by atoms with Gasteiger partial charge in [0.15, 0.2) is 0 Å². The molecule has 2 unspecified atom stereocenters. The highest BCUT2D eigenvalue weighted by atomic mass is 16.4. The van der Waals surface area contributed by atoms with Crippen molar-refractivity contribution in [1.82, 2.24) is 9.80 Å². The topological polar surface area (TPSA) is 60.9 Å². The number of carbonyl (C=O) groups excluding carboxylic acids is 1. The standard InChI is InChI=1S/C16H28N2O3/c1-3-13-8-6-5-7-10-18(13)15(21)17-11-9-16(4-2,12-17)14(19)20/h13H,3-12H2,1-2H3,(H,19,20). The lowest BCUT2D eigenvalue weighted by atomic mass is 9.84. The maximum atomic E-state index is 12.8. The number of carboxylic acid groups (broad SMARTS) is 1. The third-order valence-electron chi connectivity index (χ3n) is 5.35. The van der Waals surface area contributed by atoms with Gasteiger partial charge in [-0.1, -0.05) is 26.7 Å². The highest BCUT2D eigenvalue weighted by Gasteiger charge is 2.46. The fourth-order valence-corrected chi connectivity index (χ4v) is 3.69. The van der Waals surface area contributed by atoms with Gasteiger partial charge in [-0.3, -0.25) is 4.79 Å². The average Bonchev–Trinajstić information content (AvgIpc) is 2.79. The van der Waals surface area contributed by atoms with Crippen molar-refractivity contribution in [2.75, 3.05) is 19.6 Å². The molecule has 2 saturated heterocycles. The molecule has 21 heavy (non-hydrogen) atoms. The molecule has 120 valence electrons. The number of likely N-dealkylation sites (tertiary alicyclic amines) is 2. The van der Waals surface area contributed by atoms with E-state index in [4.69, 9.17) is 0 Å². The fourth-order valence-electron chi connectivity index (χ4n) is 3.69. The summed E-state index contributed by atoms with van der Waals surface area (Å²) in [6, 6.07) is 0.377. The van der Waals surface area contributed by atoms with Crippen LogP contribution in [-0.2, 0) is 4.79 Å². The Balaban J connectivity index is 2.07. The van der Waals surface area contributed by atoms with E-state index in [2.05, 4.69) is 6.92 Å². The predicted molar refractivity (Wildman–Crippen MR) is 81.2 cm³/mol. The Morgan fingerprint density at radius 2 is 1.95 bits per heavy atom. The lowest BCUT2D eigenvalue weighted by Gasteiger charge is -2.33. The van der Waals surface area contributed by atoms with Gasteiger partial charge in [0.1, 0.15) is 0 Å². The van der Waals surface area contributed by atoms with Gasteiger partial charge in [-0.15, -0.1) is 0 Å². The molecule has 0 aromatic carbocycles. The smallest absolute Gasteiger partial charge is 0.320 e. The molecule has 5 nitrogen and oxygen atoms in total. The zero-order chi connectivity index (χ0) is 15.5. The second-order valence-electron chi connectivity index (χ2n) is 6.50. The first kappa shape index (κ1) is 16.1. The summed E-state index contributed by atoms with van der Waals surface area (Å²) in [7, 11) is 0. The van der Waals surface area contributed by atoms with Gasteiger partial charge < -0.3 is 14.9 Å². The van der Waals surface area contributed by atoms with Crippen molar-refractivity contribution in [2.24, 2.45) is 5.41 Å². The van der Waals surface area contributed by atoms with E-state index in [0.29, 0.717) is 32.0 Å². The number of nitrogens with zero attached hydrogens (tertiary/aromatic N) is 2. The van der Waals surface area contributed by atoms with Crippen LogP contribution in [0.15, 0.2) is 0 Å². The van der Waals surface area contributed by atoms with Gasteiger partial charge in [0.2, 0.25) is 0 Å². The van der Waals surface area contributed by atoms with Crippen LogP contribution in [-0.4, -0.2) is 52.6 Å². The van der Waals surface area contributed by atoms with Gasteiger partial charge in [0.25, 0.3) is 0 Å². The van der Waals surface area contributed by atoms with Crippen LogP contribution in [0.5, 0.6) is 0 Å². The molecule has 0 aromatic rings. The van der Waals surface area contributed by atoms with Crippen LogP contribution in [0.25, 0.3) is 0 Å². The van der Waals surface area contributed by atoms with Crippen molar-refractivity contribution in [3.63, 3.8) is 0 Å². The molecule has 2 fully saturated rings. The molecule has 0 aliphatic carbocycles. The van der Waals surface area contributed by atoms with E-state index in [9.17, 15) is 14.7 Å². The first-order chi connectivity index (χ1) is 10.0. The minimum Gasteiger partial charge on any atom is -0.481 e. The highest BCUT2D eigenvalue weighted by Crippen LogP contribution is 2.35. The monoisotopic (exact) mass is 296 g/mol. The van der Waals surface area contributed by atoms with Crippen molar-refractivity contribution in [1.29, 1.82) is 0 Å². The van der Waals surface area contributed by atoms with Crippen molar-refractivity contribution in [3.8, 4) is 0 Å². The molecule has 2 heterocycles. The number of rotatable bonds is 3. The lowest BCUT2D eigenvalue weighted by Crippen LogP contribution is -2.48. The summed E-state index contributed by atoms with van der Waals surface area (Å²) in [6.07, 6.45) is 6.67. The van der Waals surface area contributed by atoms with E-state index in [1.807, 2.05) is 11.8 Å². The number of aliphatic carboxylic acids is 1. The number of carboxylic acids is 1. The van der Waals surface area contributed by atoms with Crippen LogP contribution in [0.1, 0.15) is 58.8 Å². The quantitative estimate of drug-likeness (QED) is 0.871. The van der Waals surface area contributed by atoms with Crippen molar-refractivity contribution in [2.45, 2.75) is 64.8 Å². The van der Waals surface area contributed by atoms with Crippen LogP contribution < -0.4 is 0 Å². The molecule has 5 heteroatoms. The van der Waals surface area contributed by atoms with E-state index < -0.39 is 11.4 Å². The van der Waals surface area contributed by atoms with Gasteiger partial charge in [-0.2, -0.15) is 0 Å². The van der Waals surface area contributed by atoms with Crippen molar-refractivity contribution < 1.29 is 14.7 Å². The van der Waals surface area contributed by atoms with Crippen LogP contribution in [0.4, 0.5) is 4.79 Å². The summed E-state index contributed by atoms with van der Waals surface area (Å²) in [4.78, 5) is 28.1. The number of hydrogen-bond donors (Lipinski definition) is 1. The van der Waals surface area contributed by atoms with E-state index in [-0.39, 0.29) is 6.03 Å². The molecule has 1 N–H and O–H groups in total. The highest BCUT2D eigenvalue weighted by molar-refractivity contribution is 5.80. The maximum absolute atomic E-state index is 12.8. The normalized spacial score (nSPS) is 30.3. The zero-order valence-corrected chi connectivity index (χ0v) is 13.3. The summed E-state index contributed by atoms with van der Waals surface area (Å²) >= 11 is 0. The summed E-state index contributed by atoms with van der Waals surface area (Å²) in [5, 5.41) is 9.47. The van der Waals surface area contributed by atoms with Gasteiger partial charge >= 0.3 is 12.0 Å². The van der Waals surface area contributed by atoms with Crippen LogP contribution in [0, 0.1) is 5.41 Å². The molecular formula is C16H28N2O3. The SMILES string of the molecule is CCC1CCCCCN1C(=O)N1CCC(CC)(C(=O)O)C1. The molecule has 0 aromatic heterocycles. The first-order valence-electron chi connectivity index (χ1n) is 8.33. The molecule has 2 aliphatic heterocycles. The van der Waals surface area contributed by atoms with Crippen molar-refractivity contribution >= 4 is 12.0 Å². The van der Waals surface area contributed by atoms with Gasteiger partial charge in [0, 0.05) is 25.7 Å². The number of hydrogen-bond acceptors (Lipinski definition) is 2. The maximum Gasteiger partial charge on any atom is 0.320 e. The molecule has 0 bridgehead atoms. The number of amides is 2. The summed E-state index contributed by atoms with van der Waals surface area (Å²) < 4.78 is 0. The zero-order valence-electron chi connectivity index (χ0n) is 13.3.